The van der Waals surface area contributed by atoms with Gasteiger partial charge < -0.3 is 10.5 Å². The molecular formula is C16H17F2NO. The summed E-state index contributed by atoms with van der Waals surface area (Å²) in [6, 6.07) is 7.36. The minimum atomic E-state index is -0.426. The highest BCUT2D eigenvalue weighted by Gasteiger charge is 2.15. The molecule has 0 aromatic heterocycles. The molecule has 0 amide bonds. The van der Waals surface area contributed by atoms with Crippen LogP contribution in [0.4, 0.5) is 8.78 Å². The van der Waals surface area contributed by atoms with Crippen LogP contribution in [-0.2, 0) is 0 Å². The summed E-state index contributed by atoms with van der Waals surface area (Å²) >= 11 is 0. The number of ether oxygens (including phenoxy) is 1. The van der Waals surface area contributed by atoms with E-state index in [1.807, 2.05) is 0 Å². The third kappa shape index (κ3) is 2.80. The van der Waals surface area contributed by atoms with E-state index < -0.39 is 11.9 Å². The smallest absolute Gasteiger partial charge is 0.168 e. The van der Waals surface area contributed by atoms with Crippen molar-refractivity contribution in [1.29, 1.82) is 0 Å². The van der Waals surface area contributed by atoms with Gasteiger partial charge in [-0.2, -0.15) is 0 Å². The number of nitrogens with two attached hydrogens (primary N) is 1. The highest BCUT2D eigenvalue weighted by molar-refractivity contribution is 5.43. The van der Waals surface area contributed by atoms with Crippen LogP contribution in [-0.4, -0.2) is 0 Å². The monoisotopic (exact) mass is 277 g/mol. The SMILES string of the molecule is Cc1cc(Oc2cccc(C)c2F)c([C@H](C)N)cc1F. The average Bonchev–Trinajstić information content (AvgIpc) is 2.38. The van der Waals surface area contributed by atoms with Gasteiger partial charge in [-0.15, -0.1) is 0 Å². The first-order valence-electron chi connectivity index (χ1n) is 6.38. The summed E-state index contributed by atoms with van der Waals surface area (Å²) in [4.78, 5) is 0. The Morgan fingerprint density at radius 3 is 2.40 bits per heavy atom. The molecule has 2 aromatic rings. The molecule has 0 bridgehead atoms. The first-order chi connectivity index (χ1) is 9.40. The van der Waals surface area contributed by atoms with Crippen LogP contribution in [0.1, 0.15) is 29.7 Å². The number of aryl methyl sites for hydroxylation is 2. The predicted octanol–water partition coefficient (Wildman–Crippen LogP) is 4.39. The van der Waals surface area contributed by atoms with Gasteiger partial charge in [-0.1, -0.05) is 12.1 Å². The van der Waals surface area contributed by atoms with E-state index >= 15 is 0 Å². The molecule has 0 heterocycles. The van der Waals surface area contributed by atoms with Crippen molar-refractivity contribution in [2.45, 2.75) is 26.8 Å². The summed E-state index contributed by atoms with van der Waals surface area (Å²) in [7, 11) is 0. The maximum atomic E-state index is 14.0. The maximum absolute atomic E-state index is 14.0. The van der Waals surface area contributed by atoms with Crippen molar-refractivity contribution in [1.82, 2.24) is 0 Å². The maximum Gasteiger partial charge on any atom is 0.168 e. The van der Waals surface area contributed by atoms with Gasteiger partial charge in [-0.05, 0) is 50.1 Å². The second-order valence-electron chi connectivity index (χ2n) is 4.92. The lowest BCUT2D eigenvalue weighted by Crippen LogP contribution is -2.08. The predicted molar refractivity (Wildman–Crippen MR) is 75.0 cm³/mol. The van der Waals surface area contributed by atoms with Crippen LogP contribution in [0.3, 0.4) is 0 Å². The minimum Gasteiger partial charge on any atom is -0.454 e. The van der Waals surface area contributed by atoms with Crippen molar-refractivity contribution >= 4 is 0 Å². The van der Waals surface area contributed by atoms with Crippen molar-refractivity contribution in [3.05, 3.63) is 58.7 Å². The van der Waals surface area contributed by atoms with Crippen LogP contribution in [0.2, 0.25) is 0 Å². The van der Waals surface area contributed by atoms with E-state index in [0.717, 1.165) is 0 Å². The normalized spacial score (nSPS) is 12.3. The molecule has 20 heavy (non-hydrogen) atoms. The molecule has 2 rings (SSSR count). The van der Waals surface area contributed by atoms with E-state index in [1.165, 1.54) is 18.2 Å². The van der Waals surface area contributed by atoms with E-state index in [1.54, 1.807) is 32.9 Å². The van der Waals surface area contributed by atoms with Crippen LogP contribution in [0.15, 0.2) is 30.3 Å². The van der Waals surface area contributed by atoms with E-state index in [4.69, 9.17) is 10.5 Å². The molecule has 0 radical (unpaired) electrons. The van der Waals surface area contributed by atoms with Gasteiger partial charge in [0, 0.05) is 11.6 Å². The van der Waals surface area contributed by atoms with Gasteiger partial charge in [0.15, 0.2) is 11.6 Å². The summed E-state index contributed by atoms with van der Waals surface area (Å²) in [5.74, 6) is -0.291. The van der Waals surface area contributed by atoms with Crippen LogP contribution in [0, 0.1) is 25.5 Å². The second-order valence-corrected chi connectivity index (χ2v) is 4.92. The Hall–Kier alpha value is -1.94. The number of rotatable bonds is 3. The highest BCUT2D eigenvalue weighted by atomic mass is 19.1. The molecule has 0 saturated heterocycles. The molecule has 0 spiro atoms. The van der Waals surface area contributed by atoms with Crippen molar-refractivity contribution in [2.75, 3.05) is 0 Å². The lowest BCUT2D eigenvalue weighted by Gasteiger charge is -2.16. The van der Waals surface area contributed by atoms with Crippen LogP contribution < -0.4 is 10.5 Å². The van der Waals surface area contributed by atoms with E-state index in [0.29, 0.717) is 22.4 Å². The van der Waals surface area contributed by atoms with Gasteiger partial charge in [-0.3, -0.25) is 0 Å². The molecule has 0 unspecified atom stereocenters. The summed E-state index contributed by atoms with van der Waals surface area (Å²) in [6.45, 7) is 5.01. The van der Waals surface area contributed by atoms with Crippen molar-refractivity contribution in [2.24, 2.45) is 5.73 Å². The topological polar surface area (TPSA) is 35.2 Å². The van der Waals surface area contributed by atoms with Gasteiger partial charge in [0.2, 0.25) is 0 Å². The number of hydrogen-bond acceptors (Lipinski definition) is 2. The molecule has 0 fully saturated rings. The summed E-state index contributed by atoms with van der Waals surface area (Å²) in [5, 5.41) is 0. The Bertz CT molecular complexity index is 639. The Morgan fingerprint density at radius 1 is 1.05 bits per heavy atom. The van der Waals surface area contributed by atoms with Gasteiger partial charge in [0.1, 0.15) is 11.6 Å². The van der Waals surface area contributed by atoms with Crippen molar-refractivity contribution in [3.63, 3.8) is 0 Å². The number of halogens is 2. The van der Waals surface area contributed by atoms with Gasteiger partial charge in [-0.25, -0.2) is 8.78 Å². The standard InChI is InChI=1S/C16H17F2NO/c1-9-5-4-6-14(16(9)18)20-15-7-10(2)13(17)8-12(15)11(3)19/h4-8,11H,19H2,1-3H3/t11-/m0/s1. The zero-order valence-electron chi connectivity index (χ0n) is 11.7. The zero-order chi connectivity index (χ0) is 14.9. The fourth-order valence-corrected chi connectivity index (χ4v) is 1.93. The Labute approximate surface area is 117 Å². The molecule has 0 aliphatic carbocycles. The Kier molecular flexibility index (Phi) is 4.04. The van der Waals surface area contributed by atoms with E-state index in [9.17, 15) is 8.78 Å². The third-order valence-corrected chi connectivity index (χ3v) is 3.16. The van der Waals surface area contributed by atoms with Gasteiger partial charge >= 0.3 is 0 Å². The Balaban J connectivity index is 2.47. The minimum absolute atomic E-state index is 0.109. The molecule has 2 nitrogen and oxygen atoms in total. The zero-order valence-corrected chi connectivity index (χ0v) is 11.7. The summed E-state index contributed by atoms with van der Waals surface area (Å²) in [5.41, 5.74) is 7.24. The largest absolute Gasteiger partial charge is 0.454 e. The molecule has 0 aliphatic heterocycles. The number of benzene rings is 2. The van der Waals surface area contributed by atoms with Crippen molar-refractivity contribution < 1.29 is 13.5 Å². The molecule has 4 heteroatoms. The lowest BCUT2D eigenvalue weighted by molar-refractivity contribution is 0.431. The van der Waals surface area contributed by atoms with Crippen LogP contribution in [0.25, 0.3) is 0 Å². The molecule has 2 aromatic carbocycles. The quantitative estimate of drug-likeness (QED) is 0.902. The second kappa shape index (κ2) is 5.59. The van der Waals surface area contributed by atoms with Gasteiger partial charge in [0.05, 0.1) is 0 Å². The Morgan fingerprint density at radius 2 is 1.75 bits per heavy atom. The third-order valence-electron chi connectivity index (χ3n) is 3.16. The summed E-state index contributed by atoms with van der Waals surface area (Å²) in [6.07, 6.45) is 0. The van der Waals surface area contributed by atoms with Gasteiger partial charge in [0.25, 0.3) is 0 Å². The molecule has 0 aliphatic rings. The fraction of sp³-hybridized carbons (Fsp3) is 0.250. The molecule has 0 saturated carbocycles. The first-order valence-corrected chi connectivity index (χ1v) is 6.38. The average molecular weight is 277 g/mol. The van der Waals surface area contributed by atoms with Crippen LogP contribution in [0.5, 0.6) is 11.5 Å². The number of hydrogen-bond donors (Lipinski definition) is 1. The highest BCUT2D eigenvalue weighted by Crippen LogP contribution is 2.33. The molecular weight excluding hydrogens is 260 g/mol. The van der Waals surface area contributed by atoms with Crippen LogP contribution >= 0.6 is 0 Å². The first kappa shape index (κ1) is 14.5. The molecule has 2 N–H and O–H groups in total. The molecule has 106 valence electrons. The van der Waals surface area contributed by atoms with Crippen molar-refractivity contribution in [3.8, 4) is 11.5 Å². The lowest BCUT2D eigenvalue weighted by atomic mass is 10.0. The van der Waals surface area contributed by atoms with E-state index in [2.05, 4.69) is 0 Å². The fourth-order valence-electron chi connectivity index (χ4n) is 1.93. The van der Waals surface area contributed by atoms with E-state index in [-0.39, 0.29) is 11.6 Å². The summed E-state index contributed by atoms with van der Waals surface area (Å²) < 4.78 is 33.2. The molecule has 1 atom stereocenters.